The molecule has 5 rings (SSSR count). The van der Waals surface area contributed by atoms with Crippen LogP contribution >= 0.6 is 22.9 Å². The minimum atomic E-state index is -0.975. The second-order valence-corrected chi connectivity index (χ2v) is 9.82. The predicted molar refractivity (Wildman–Crippen MR) is 125 cm³/mol. The summed E-state index contributed by atoms with van der Waals surface area (Å²) in [5, 5.41) is 22.7. The first-order valence-corrected chi connectivity index (χ1v) is 11.8. The highest BCUT2D eigenvalue weighted by molar-refractivity contribution is 7.14. The summed E-state index contributed by atoms with van der Waals surface area (Å²) in [4.78, 5) is 7.25. The summed E-state index contributed by atoms with van der Waals surface area (Å²) in [6.45, 7) is 0.148. The van der Waals surface area contributed by atoms with Crippen molar-refractivity contribution in [1.29, 1.82) is 0 Å². The summed E-state index contributed by atoms with van der Waals surface area (Å²) < 4.78 is 5.55. The highest BCUT2D eigenvalue weighted by atomic mass is 35.5. The van der Waals surface area contributed by atoms with Crippen molar-refractivity contribution in [3.05, 3.63) is 58.7 Å². The summed E-state index contributed by atoms with van der Waals surface area (Å²) in [5.74, 6) is 0. The van der Waals surface area contributed by atoms with E-state index in [2.05, 4.69) is 22.5 Å². The van der Waals surface area contributed by atoms with Gasteiger partial charge in [-0.3, -0.25) is 4.98 Å². The predicted octanol–water partition coefficient (Wildman–Crippen LogP) is 5.05. The molecule has 5 nitrogen and oxygen atoms in total. The molecule has 2 aliphatic rings. The minimum absolute atomic E-state index is 0.145. The number of aliphatic hydroxyl groups excluding tert-OH is 2. The molecule has 0 bridgehead atoms. The third kappa shape index (κ3) is 4.23. The van der Waals surface area contributed by atoms with E-state index in [0.717, 1.165) is 58.6 Å². The maximum Gasteiger partial charge on any atom is 0.237 e. The van der Waals surface area contributed by atoms with Crippen molar-refractivity contribution in [3.8, 4) is 21.6 Å². The second kappa shape index (κ2) is 8.19. The van der Waals surface area contributed by atoms with Crippen LogP contribution in [-0.4, -0.2) is 41.4 Å². The molecular weight excluding hydrogens is 432 g/mol. The topological polar surface area (TPSA) is 65.8 Å². The van der Waals surface area contributed by atoms with Gasteiger partial charge >= 0.3 is 0 Å². The number of hydrogen-bond donors (Lipinski definition) is 2. The fourth-order valence-corrected chi connectivity index (χ4v) is 4.98. The first-order valence-electron chi connectivity index (χ1n) is 10.5. The molecule has 1 aromatic carbocycles. The Balaban J connectivity index is 1.37. The highest BCUT2D eigenvalue weighted by Gasteiger charge is 2.45. The zero-order chi connectivity index (χ0) is 21.6. The van der Waals surface area contributed by atoms with Gasteiger partial charge in [0.1, 0.15) is 0 Å². The van der Waals surface area contributed by atoms with Gasteiger partial charge in [-0.25, -0.2) is 0 Å². The molecule has 0 saturated heterocycles. The van der Waals surface area contributed by atoms with Crippen molar-refractivity contribution in [3.63, 3.8) is 0 Å². The Kier molecular flexibility index (Phi) is 5.52. The van der Waals surface area contributed by atoms with Crippen LogP contribution in [0, 0.1) is 0 Å². The lowest BCUT2D eigenvalue weighted by Crippen LogP contribution is -2.34. The number of aliphatic hydroxyl groups is 2. The zero-order valence-electron chi connectivity index (χ0n) is 17.3. The smallest absolute Gasteiger partial charge is 0.237 e. The van der Waals surface area contributed by atoms with Crippen LogP contribution in [0.5, 0.6) is 0 Å². The fourth-order valence-electron chi connectivity index (χ4n) is 3.69. The molecular formula is C24H25ClN2O3S. The molecule has 162 valence electrons. The molecule has 0 spiro atoms. The number of thiophene rings is 1. The van der Waals surface area contributed by atoms with Crippen LogP contribution in [0.15, 0.2) is 48.0 Å². The van der Waals surface area contributed by atoms with E-state index in [4.69, 9.17) is 16.3 Å². The van der Waals surface area contributed by atoms with E-state index in [0.29, 0.717) is 5.02 Å². The van der Waals surface area contributed by atoms with Crippen LogP contribution in [-0.2, 0) is 10.2 Å². The number of halogens is 1. The molecule has 2 saturated carbocycles. The molecule has 2 aliphatic carbocycles. The van der Waals surface area contributed by atoms with Crippen molar-refractivity contribution in [2.24, 2.45) is 0 Å². The standard InChI is InChI=1S/C24H25ClN2O3S/c1-27(23(29)30-18-3-4-18)17-2-5-19(20(25)12-17)21-10-16(13-31-21)15-6-9-26-22(11-15)24(14-28)7-8-24/h2,5-6,9-13,18,23,28-29H,3-4,7-8,14H2,1H3. The van der Waals surface area contributed by atoms with Gasteiger partial charge in [0.25, 0.3) is 0 Å². The largest absolute Gasteiger partial charge is 0.395 e. The summed E-state index contributed by atoms with van der Waals surface area (Å²) in [7, 11) is 1.79. The lowest BCUT2D eigenvalue weighted by atomic mass is 9.99. The van der Waals surface area contributed by atoms with Gasteiger partial charge in [0.2, 0.25) is 6.41 Å². The number of hydrogen-bond acceptors (Lipinski definition) is 6. The van der Waals surface area contributed by atoms with Gasteiger partial charge in [-0.05, 0) is 72.5 Å². The fraction of sp³-hybridized carbons (Fsp3) is 0.375. The van der Waals surface area contributed by atoms with E-state index in [1.165, 1.54) is 0 Å². The zero-order valence-corrected chi connectivity index (χ0v) is 18.9. The molecule has 0 aliphatic heterocycles. The summed E-state index contributed by atoms with van der Waals surface area (Å²) in [6, 6.07) is 12.0. The maximum atomic E-state index is 10.2. The third-order valence-electron chi connectivity index (χ3n) is 6.19. The van der Waals surface area contributed by atoms with Gasteiger partial charge in [-0.2, -0.15) is 0 Å². The van der Waals surface area contributed by atoms with Crippen molar-refractivity contribution in [2.75, 3.05) is 18.6 Å². The van der Waals surface area contributed by atoms with Crippen LogP contribution in [0.2, 0.25) is 5.02 Å². The van der Waals surface area contributed by atoms with Crippen molar-refractivity contribution < 1.29 is 14.9 Å². The summed E-state index contributed by atoms with van der Waals surface area (Å²) >= 11 is 8.26. The summed E-state index contributed by atoms with van der Waals surface area (Å²) in [5.41, 5.74) is 4.79. The number of anilines is 1. The quantitative estimate of drug-likeness (QED) is 0.464. The monoisotopic (exact) mass is 456 g/mol. The van der Waals surface area contributed by atoms with Crippen LogP contribution in [0.1, 0.15) is 31.4 Å². The lowest BCUT2D eigenvalue weighted by molar-refractivity contribution is -0.105. The Labute approximate surface area is 190 Å². The molecule has 2 N–H and O–H groups in total. The van der Waals surface area contributed by atoms with Crippen LogP contribution in [0.25, 0.3) is 21.6 Å². The lowest BCUT2D eigenvalue weighted by Gasteiger charge is -2.25. The molecule has 2 aromatic heterocycles. The van der Waals surface area contributed by atoms with Gasteiger partial charge in [0.15, 0.2) is 0 Å². The molecule has 31 heavy (non-hydrogen) atoms. The molecule has 3 aromatic rings. The SMILES string of the molecule is CN(c1ccc(-c2cc(-c3ccnc(C4(CO)CC4)c3)cs2)c(Cl)c1)C(O)OC1CC1. The van der Waals surface area contributed by atoms with E-state index in [1.54, 1.807) is 23.3 Å². The van der Waals surface area contributed by atoms with E-state index < -0.39 is 6.41 Å². The van der Waals surface area contributed by atoms with Crippen LogP contribution < -0.4 is 4.90 Å². The number of pyridine rings is 1. The van der Waals surface area contributed by atoms with Crippen molar-refractivity contribution in [1.82, 2.24) is 4.98 Å². The molecule has 7 heteroatoms. The van der Waals surface area contributed by atoms with E-state index in [-0.39, 0.29) is 18.1 Å². The van der Waals surface area contributed by atoms with E-state index in [1.807, 2.05) is 30.5 Å². The minimum Gasteiger partial charge on any atom is -0.395 e. The highest BCUT2D eigenvalue weighted by Crippen LogP contribution is 2.47. The second-order valence-electron chi connectivity index (χ2n) is 8.50. The Hall–Kier alpha value is -1.96. The average molecular weight is 457 g/mol. The Bertz CT molecular complexity index is 1090. The molecule has 2 fully saturated rings. The van der Waals surface area contributed by atoms with Gasteiger partial charge < -0.3 is 19.8 Å². The Morgan fingerprint density at radius 3 is 2.71 bits per heavy atom. The van der Waals surface area contributed by atoms with Crippen molar-refractivity contribution in [2.45, 2.75) is 43.6 Å². The first-order chi connectivity index (χ1) is 15.0. The number of rotatable bonds is 8. The molecule has 1 unspecified atom stereocenters. The Morgan fingerprint density at radius 2 is 2.03 bits per heavy atom. The third-order valence-corrected chi connectivity index (χ3v) is 7.46. The molecule has 2 heterocycles. The van der Waals surface area contributed by atoms with Crippen LogP contribution in [0.4, 0.5) is 5.69 Å². The number of ether oxygens (including phenoxy) is 1. The van der Waals surface area contributed by atoms with Crippen LogP contribution in [0.3, 0.4) is 0 Å². The van der Waals surface area contributed by atoms with Gasteiger partial charge in [-0.15, -0.1) is 11.3 Å². The molecule has 1 atom stereocenters. The normalized spacial score (nSPS) is 18.1. The molecule has 0 amide bonds. The Morgan fingerprint density at radius 1 is 1.23 bits per heavy atom. The molecule has 0 radical (unpaired) electrons. The average Bonchev–Trinajstić information content (AvgIpc) is 3.71. The van der Waals surface area contributed by atoms with Gasteiger partial charge in [0, 0.05) is 40.5 Å². The number of benzene rings is 1. The number of aromatic nitrogens is 1. The number of nitrogens with zero attached hydrogens (tertiary/aromatic N) is 2. The summed E-state index contributed by atoms with van der Waals surface area (Å²) in [6.07, 6.45) is 5.01. The van der Waals surface area contributed by atoms with Gasteiger partial charge in [0.05, 0.1) is 17.7 Å². The first kappa shape index (κ1) is 20.9. The van der Waals surface area contributed by atoms with Crippen molar-refractivity contribution >= 4 is 28.6 Å². The van der Waals surface area contributed by atoms with E-state index in [9.17, 15) is 10.2 Å². The maximum absolute atomic E-state index is 10.2. The van der Waals surface area contributed by atoms with Gasteiger partial charge in [-0.1, -0.05) is 17.7 Å². The van der Waals surface area contributed by atoms with E-state index >= 15 is 0 Å².